The van der Waals surface area contributed by atoms with E-state index < -0.39 is 23.3 Å². The first-order chi connectivity index (χ1) is 16.7. The maximum Gasteiger partial charge on any atom is 0.358 e. The van der Waals surface area contributed by atoms with Crippen molar-refractivity contribution < 1.29 is 23.5 Å². The number of esters is 1. The molecule has 0 fully saturated rings. The molecule has 1 aromatic heterocycles. The van der Waals surface area contributed by atoms with Gasteiger partial charge in [-0.2, -0.15) is 5.10 Å². The maximum absolute atomic E-state index is 13.6. The lowest BCUT2D eigenvalue weighted by molar-refractivity contribution is -0.133. The Morgan fingerprint density at radius 2 is 1.80 bits per heavy atom. The van der Waals surface area contributed by atoms with Crippen LogP contribution in [-0.4, -0.2) is 44.6 Å². The van der Waals surface area contributed by atoms with Gasteiger partial charge in [0.1, 0.15) is 17.1 Å². The number of amides is 2. The van der Waals surface area contributed by atoms with E-state index in [4.69, 9.17) is 16.3 Å². The minimum Gasteiger partial charge on any atom is -0.461 e. The van der Waals surface area contributed by atoms with Crippen LogP contribution in [0.3, 0.4) is 0 Å². The third-order valence-electron chi connectivity index (χ3n) is 5.89. The topological polar surface area (TPSA) is 93.5 Å². The minimum atomic E-state index is -1.33. The largest absolute Gasteiger partial charge is 0.461 e. The molecule has 2 heterocycles. The van der Waals surface area contributed by atoms with Crippen LogP contribution in [0.25, 0.3) is 0 Å². The summed E-state index contributed by atoms with van der Waals surface area (Å²) in [7, 11) is 0. The molecular formula is C25H24ClFN4O4. The van der Waals surface area contributed by atoms with Crippen LogP contribution in [0.15, 0.2) is 54.6 Å². The Bertz CT molecular complexity index is 1260. The quantitative estimate of drug-likeness (QED) is 0.502. The molecule has 1 N–H and O–H groups in total. The van der Waals surface area contributed by atoms with E-state index in [1.165, 1.54) is 27.8 Å². The van der Waals surface area contributed by atoms with Crippen LogP contribution in [0, 0.1) is 5.82 Å². The molecule has 1 atom stereocenters. The second-order valence-electron chi connectivity index (χ2n) is 8.39. The van der Waals surface area contributed by atoms with Gasteiger partial charge in [0.15, 0.2) is 5.69 Å². The number of carbonyl (C=O) groups is 3. The molecule has 0 bridgehead atoms. The van der Waals surface area contributed by atoms with Crippen molar-refractivity contribution in [3.05, 3.63) is 88.0 Å². The number of aromatic nitrogens is 2. The molecule has 0 saturated heterocycles. The lowest BCUT2D eigenvalue weighted by Crippen LogP contribution is -2.63. The molecule has 1 aliphatic rings. The van der Waals surface area contributed by atoms with Gasteiger partial charge in [-0.15, -0.1) is 0 Å². The molecular weight excluding hydrogens is 475 g/mol. The number of hydrogen-bond acceptors (Lipinski definition) is 5. The summed E-state index contributed by atoms with van der Waals surface area (Å²) in [5.41, 5.74) is 0.336. The fourth-order valence-electron chi connectivity index (χ4n) is 3.94. The van der Waals surface area contributed by atoms with Crippen LogP contribution in [0.5, 0.6) is 0 Å². The van der Waals surface area contributed by atoms with E-state index in [0.717, 1.165) is 5.56 Å². The maximum atomic E-state index is 13.6. The van der Waals surface area contributed by atoms with Crippen LogP contribution < -0.4 is 5.32 Å². The van der Waals surface area contributed by atoms with Gasteiger partial charge >= 0.3 is 5.97 Å². The highest BCUT2D eigenvalue weighted by molar-refractivity contribution is 6.30. The minimum absolute atomic E-state index is 0.00221. The Morgan fingerprint density at radius 3 is 2.46 bits per heavy atom. The third kappa shape index (κ3) is 5.05. The Morgan fingerprint density at radius 1 is 1.14 bits per heavy atom. The first kappa shape index (κ1) is 24.4. The van der Waals surface area contributed by atoms with Crippen molar-refractivity contribution in [2.75, 3.05) is 6.61 Å². The zero-order valence-corrected chi connectivity index (χ0v) is 20.0. The number of ether oxygens (including phenoxy) is 1. The van der Waals surface area contributed by atoms with Crippen molar-refractivity contribution in [2.24, 2.45) is 0 Å². The average molecular weight is 499 g/mol. The molecule has 0 radical (unpaired) electrons. The summed E-state index contributed by atoms with van der Waals surface area (Å²) in [5, 5.41) is 7.63. The number of halogens is 2. The molecule has 1 aliphatic heterocycles. The van der Waals surface area contributed by atoms with E-state index in [1.807, 2.05) is 0 Å². The molecule has 4 rings (SSSR count). The summed E-state index contributed by atoms with van der Waals surface area (Å²) in [5.74, 6) is -1.88. The van der Waals surface area contributed by atoms with Gasteiger partial charge in [-0.25, -0.2) is 9.18 Å². The zero-order chi connectivity index (χ0) is 25.2. The van der Waals surface area contributed by atoms with Gasteiger partial charge in [0.05, 0.1) is 13.2 Å². The number of hydrogen-bond donors (Lipinski definition) is 1. The van der Waals surface area contributed by atoms with Crippen molar-refractivity contribution >= 4 is 29.4 Å². The van der Waals surface area contributed by atoms with Crippen LogP contribution in [-0.2, 0) is 29.2 Å². The summed E-state index contributed by atoms with van der Waals surface area (Å²) in [6.07, 6.45) is 0. The smallest absolute Gasteiger partial charge is 0.358 e. The van der Waals surface area contributed by atoms with E-state index in [0.29, 0.717) is 10.6 Å². The predicted octanol–water partition coefficient (Wildman–Crippen LogP) is 3.58. The molecule has 0 aliphatic carbocycles. The molecule has 10 heteroatoms. The Hall–Kier alpha value is -3.72. The zero-order valence-electron chi connectivity index (χ0n) is 19.3. The van der Waals surface area contributed by atoms with Gasteiger partial charge in [0.25, 0.3) is 5.91 Å². The van der Waals surface area contributed by atoms with Gasteiger partial charge in [0.2, 0.25) is 5.91 Å². The highest BCUT2D eigenvalue weighted by Crippen LogP contribution is 2.30. The molecule has 2 amide bonds. The SMILES string of the molecule is CCOC(=O)c1cc2n(n1)CC(C)(C(=O)NCc1ccc(F)cc1)N(Cc1ccc(Cl)cc1)C2=O. The normalized spacial score (nSPS) is 17.1. The van der Waals surface area contributed by atoms with Crippen LogP contribution in [0.4, 0.5) is 4.39 Å². The van der Waals surface area contributed by atoms with Gasteiger partial charge in [-0.3, -0.25) is 14.3 Å². The number of nitrogens with zero attached hydrogens (tertiary/aromatic N) is 3. The fourth-order valence-corrected chi connectivity index (χ4v) is 4.07. The van der Waals surface area contributed by atoms with Crippen molar-refractivity contribution in [3.63, 3.8) is 0 Å². The number of nitrogens with one attached hydrogen (secondary N) is 1. The molecule has 1 unspecified atom stereocenters. The van der Waals surface area contributed by atoms with Crippen molar-refractivity contribution in [2.45, 2.75) is 39.0 Å². The lowest BCUT2D eigenvalue weighted by Gasteiger charge is -2.43. The van der Waals surface area contributed by atoms with Gasteiger partial charge in [-0.1, -0.05) is 35.9 Å². The Labute approximate surface area is 206 Å². The number of benzene rings is 2. The summed E-state index contributed by atoms with van der Waals surface area (Å²) >= 11 is 6.00. The monoisotopic (exact) mass is 498 g/mol. The van der Waals surface area contributed by atoms with Crippen molar-refractivity contribution in [3.8, 4) is 0 Å². The third-order valence-corrected chi connectivity index (χ3v) is 6.14. The Kier molecular flexibility index (Phi) is 6.88. The number of carbonyl (C=O) groups excluding carboxylic acids is 3. The molecule has 35 heavy (non-hydrogen) atoms. The molecule has 0 spiro atoms. The first-order valence-electron chi connectivity index (χ1n) is 11.1. The van der Waals surface area contributed by atoms with E-state index in [-0.39, 0.29) is 43.4 Å². The second kappa shape index (κ2) is 9.87. The highest BCUT2D eigenvalue weighted by Gasteiger charge is 2.48. The summed E-state index contributed by atoms with van der Waals surface area (Å²) in [4.78, 5) is 40.7. The first-order valence-corrected chi connectivity index (χ1v) is 11.4. The second-order valence-corrected chi connectivity index (χ2v) is 8.83. The molecule has 182 valence electrons. The molecule has 2 aromatic carbocycles. The van der Waals surface area contributed by atoms with E-state index in [2.05, 4.69) is 10.4 Å². The summed E-state index contributed by atoms with van der Waals surface area (Å²) in [6, 6.07) is 14.1. The van der Waals surface area contributed by atoms with Gasteiger partial charge in [0, 0.05) is 24.2 Å². The standard InChI is InChI=1S/C25H24ClFN4O4/c1-3-35-23(33)20-12-21-22(32)30(14-17-4-8-18(26)9-5-17)25(2,15-31(21)29-20)24(34)28-13-16-6-10-19(27)11-7-16/h4-12H,3,13-15H2,1-2H3,(H,28,34). The fraction of sp³-hybridized carbons (Fsp3) is 0.280. The van der Waals surface area contributed by atoms with Crippen LogP contribution in [0.2, 0.25) is 5.02 Å². The average Bonchev–Trinajstić information content (AvgIpc) is 3.26. The predicted molar refractivity (Wildman–Crippen MR) is 126 cm³/mol. The number of fused-ring (bicyclic) bond motifs is 1. The van der Waals surface area contributed by atoms with E-state index in [9.17, 15) is 18.8 Å². The lowest BCUT2D eigenvalue weighted by atomic mass is 9.94. The van der Waals surface area contributed by atoms with Gasteiger partial charge < -0.3 is 15.0 Å². The number of rotatable bonds is 7. The van der Waals surface area contributed by atoms with Crippen molar-refractivity contribution in [1.82, 2.24) is 20.0 Å². The molecule has 8 nitrogen and oxygen atoms in total. The van der Waals surface area contributed by atoms with Crippen LogP contribution in [0.1, 0.15) is 46.0 Å². The summed E-state index contributed by atoms with van der Waals surface area (Å²) < 4.78 is 19.6. The van der Waals surface area contributed by atoms with Crippen LogP contribution >= 0.6 is 11.6 Å². The van der Waals surface area contributed by atoms with Crippen molar-refractivity contribution in [1.29, 1.82) is 0 Å². The van der Waals surface area contributed by atoms with E-state index in [1.54, 1.807) is 50.2 Å². The highest BCUT2D eigenvalue weighted by atomic mass is 35.5. The Balaban J connectivity index is 1.66. The molecule has 3 aromatic rings. The molecule has 0 saturated carbocycles. The summed E-state index contributed by atoms with van der Waals surface area (Å²) in [6.45, 7) is 3.80. The van der Waals surface area contributed by atoms with Gasteiger partial charge in [-0.05, 0) is 49.2 Å². The van der Waals surface area contributed by atoms with E-state index >= 15 is 0 Å².